The maximum atomic E-state index is 12.5. The van der Waals surface area contributed by atoms with Crippen molar-refractivity contribution in [2.75, 3.05) is 6.54 Å². The topological polar surface area (TPSA) is 214 Å². The van der Waals surface area contributed by atoms with Gasteiger partial charge in [-0.2, -0.15) is 0 Å². The highest BCUT2D eigenvalue weighted by Crippen LogP contribution is 2.03. The van der Waals surface area contributed by atoms with E-state index in [2.05, 4.69) is 16.0 Å². The highest BCUT2D eigenvalue weighted by Gasteiger charge is 2.31. The number of carboxylic acid groups (broad SMARTS) is 1. The number of aliphatic hydroxyl groups is 1. The fourth-order valence-corrected chi connectivity index (χ4v) is 2.06. The summed E-state index contributed by atoms with van der Waals surface area (Å²) in [6.07, 6.45) is -1.77. The van der Waals surface area contributed by atoms with Crippen LogP contribution >= 0.6 is 0 Å². The predicted octanol–water partition coefficient (Wildman–Crippen LogP) is -3.21. The standard InChI is InChI=1S/C16H29N5O7/c1-7(2)12(18)15(27)21-13(8(3)22)16(28)20-9(4-5-10(17)23)14(26)19-6-11(24)25/h7-9,12-13,22H,4-6,18H2,1-3H3,(H2,17,23)(H,19,26)(H,20,28)(H,21,27)(H,24,25). The van der Waals surface area contributed by atoms with Crippen LogP contribution in [0.2, 0.25) is 0 Å². The summed E-state index contributed by atoms with van der Waals surface area (Å²) in [7, 11) is 0. The normalized spacial score (nSPS) is 15.1. The van der Waals surface area contributed by atoms with Gasteiger partial charge in [-0.1, -0.05) is 13.8 Å². The van der Waals surface area contributed by atoms with E-state index in [0.717, 1.165) is 0 Å². The Kier molecular flexibility index (Phi) is 10.7. The molecule has 0 aromatic rings. The summed E-state index contributed by atoms with van der Waals surface area (Å²) in [6.45, 7) is 3.97. The predicted molar refractivity (Wildman–Crippen MR) is 97.4 cm³/mol. The molecule has 28 heavy (non-hydrogen) atoms. The van der Waals surface area contributed by atoms with E-state index in [0.29, 0.717) is 0 Å². The SMILES string of the molecule is CC(C)C(N)C(=O)NC(C(=O)NC(CCC(N)=O)C(=O)NCC(=O)O)C(C)O. The van der Waals surface area contributed by atoms with Crippen LogP contribution in [-0.4, -0.2) is 70.6 Å². The number of carbonyl (C=O) groups is 5. The Morgan fingerprint density at radius 1 is 0.964 bits per heavy atom. The lowest BCUT2D eigenvalue weighted by Gasteiger charge is -2.26. The summed E-state index contributed by atoms with van der Waals surface area (Å²) < 4.78 is 0. The Balaban J connectivity index is 5.23. The largest absolute Gasteiger partial charge is 0.480 e. The lowest BCUT2D eigenvalue weighted by atomic mass is 10.0. The second-order valence-electron chi connectivity index (χ2n) is 6.67. The molecule has 4 atom stereocenters. The minimum absolute atomic E-state index is 0.196. The van der Waals surface area contributed by atoms with E-state index >= 15 is 0 Å². The van der Waals surface area contributed by atoms with Crippen molar-refractivity contribution in [3.05, 3.63) is 0 Å². The van der Waals surface area contributed by atoms with Gasteiger partial charge in [0.05, 0.1) is 12.1 Å². The van der Waals surface area contributed by atoms with Crippen molar-refractivity contribution in [1.29, 1.82) is 0 Å². The van der Waals surface area contributed by atoms with Crippen molar-refractivity contribution in [2.24, 2.45) is 17.4 Å². The van der Waals surface area contributed by atoms with E-state index < -0.39 is 60.4 Å². The van der Waals surface area contributed by atoms with Crippen LogP contribution in [0.1, 0.15) is 33.6 Å². The Labute approximate surface area is 162 Å². The molecule has 0 aromatic heterocycles. The summed E-state index contributed by atoms with van der Waals surface area (Å²) >= 11 is 0. The molecule has 0 radical (unpaired) electrons. The number of hydrogen-bond acceptors (Lipinski definition) is 7. The van der Waals surface area contributed by atoms with E-state index in [1.54, 1.807) is 13.8 Å². The van der Waals surface area contributed by atoms with E-state index in [-0.39, 0.29) is 18.8 Å². The second-order valence-corrected chi connectivity index (χ2v) is 6.67. The minimum Gasteiger partial charge on any atom is -0.480 e. The molecule has 0 saturated carbocycles. The number of rotatable bonds is 12. The molecule has 0 aliphatic carbocycles. The Morgan fingerprint density at radius 3 is 1.96 bits per heavy atom. The number of nitrogens with two attached hydrogens (primary N) is 2. The Bertz CT molecular complexity index is 594. The molecule has 0 bridgehead atoms. The molecule has 0 heterocycles. The van der Waals surface area contributed by atoms with Crippen LogP contribution in [-0.2, 0) is 24.0 Å². The average molecular weight is 403 g/mol. The molecular weight excluding hydrogens is 374 g/mol. The molecule has 0 aromatic carbocycles. The summed E-state index contributed by atoms with van der Waals surface area (Å²) in [5.74, 6) is -4.67. The van der Waals surface area contributed by atoms with Gasteiger partial charge in [0, 0.05) is 6.42 Å². The first-order chi connectivity index (χ1) is 12.9. The van der Waals surface area contributed by atoms with Crippen LogP contribution in [0.5, 0.6) is 0 Å². The molecule has 4 amide bonds. The van der Waals surface area contributed by atoms with Crippen LogP contribution in [0.25, 0.3) is 0 Å². The first-order valence-electron chi connectivity index (χ1n) is 8.69. The highest BCUT2D eigenvalue weighted by atomic mass is 16.4. The summed E-state index contributed by atoms with van der Waals surface area (Å²) in [5.41, 5.74) is 10.8. The van der Waals surface area contributed by atoms with Gasteiger partial charge in [0.25, 0.3) is 0 Å². The van der Waals surface area contributed by atoms with Crippen LogP contribution < -0.4 is 27.4 Å². The third kappa shape index (κ3) is 9.28. The van der Waals surface area contributed by atoms with Crippen LogP contribution in [0.3, 0.4) is 0 Å². The van der Waals surface area contributed by atoms with Crippen LogP contribution in [0.4, 0.5) is 0 Å². The molecule has 0 fully saturated rings. The van der Waals surface area contributed by atoms with Gasteiger partial charge in [0.1, 0.15) is 18.6 Å². The molecule has 9 N–H and O–H groups in total. The Morgan fingerprint density at radius 2 is 1.54 bits per heavy atom. The minimum atomic E-state index is -1.42. The van der Waals surface area contributed by atoms with Crippen molar-refractivity contribution < 1.29 is 34.2 Å². The second kappa shape index (κ2) is 11.9. The maximum Gasteiger partial charge on any atom is 0.322 e. The van der Waals surface area contributed by atoms with Gasteiger partial charge in [-0.3, -0.25) is 24.0 Å². The van der Waals surface area contributed by atoms with Crippen molar-refractivity contribution >= 4 is 29.6 Å². The zero-order valence-corrected chi connectivity index (χ0v) is 16.1. The fraction of sp³-hybridized carbons (Fsp3) is 0.688. The molecule has 0 aliphatic rings. The zero-order valence-electron chi connectivity index (χ0n) is 16.1. The molecule has 0 spiro atoms. The van der Waals surface area contributed by atoms with E-state index in [1.165, 1.54) is 6.92 Å². The number of amides is 4. The third-order valence-corrected chi connectivity index (χ3v) is 3.81. The van der Waals surface area contributed by atoms with Gasteiger partial charge < -0.3 is 37.6 Å². The molecule has 12 nitrogen and oxygen atoms in total. The first-order valence-corrected chi connectivity index (χ1v) is 8.69. The summed E-state index contributed by atoms with van der Waals surface area (Å²) in [5, 5.41) is 25.1. The lowest BCUT2D eigenvalue weighted by Crippen LogP contribution is -2.59. The molecular formula is C16H29N5O7. The first kappa shape index (κ1) is 25.3. The number of primary amides is 1. The molecule has 160 valence electrons. The highest BCUT2D eigenvalue weighted by molar-refractivity contribution is 5.94. The van der Waals surface area contributed by atoms with E-state index in [9.17, 15) is 29.1 Å². The maximum absolute atomic E-state index is 12.5. The monoisotopic (exact) mass is 403 g/mol. The number of aliphatic carboxylic acids is 1. The molecule has 0 aliphatic heterocycles. The van der Waals surface area contributed by atoms with Crippen molar-refractivity contribution in [1.82, 2.24) is 16.0 Å². The number of carboxylic acids is 1. The van der Waals surface area contributed by atoms with Gasteiger partial charge in [-0.25, -0.2) is 0 Å². The van der Waals surface area contributed by atoms with Crippen LogP contribution in [0, 0.1) is 5.92 Å². The third-order valence-electron chi connectivity index (χ3n) is 3.81. The van der Waals surface area contributed by atoms with Gasteiger partial charge >= 0.3 is 5.97 Å². The number of carbonyl (C=O) groups excluding carboxylic acids is 4. The van der Waals surface area contributed by atoms with E-state index in [4.69, 9.17) is 16.6 Å². The molecule has 12 heteroatoms. The number of hydrogen-bond donors (Lipinski definition) is 7. The fourth-order valence-electron chi connectivity index (χ4n) is 2.06. The van der Waals surface area contributed by atoms with Crippen LogP contribution in [0.15, 0.2) is 0 Å². The molecule has 0 saturated heterocycles. The zero-order chi connectivity index (χ0) is 22.0. The van der Waals surface area contributed by atoms with Gasteiger partial charge in [0.15, 0.2) is 0 Å². The van der Waals surface area contributed by atoms with Crippen molar-refractivity contribution in [3.8, 4) is 0 Å². The van der Waals surface area contributed by atoms with Crippen molar-refractivity contribution in [2.45, 2.75) is 57.8 Å². The number of nitrogens with one attached hydrogen (secondary N) is 3. The van der Waals surface area contributed by atoms with Crippen molar-refractivity contribution in [3.63, 3.8) is 0 Å². The van der Waals surface area contributed by atoms with Gasteiger partial charge in [-0.05, 0) is 19.3 Å². The van der Waals surface area contributed by atoms with E-state index in [1.807, 2.05) is 0 Å². The summed E-state index contributed by atoms with van der Waals surface area (Å²) in [6, 6.07) is -3.63. The Hall–Kier alpha value is -2.73. The average Bonchev–Trinajstić information content (AvgIpc) is 2.59. The molecule has 0 rings (SSSR count). The lowest BCUT2D eigenvalue weighted by molar-refractivity contribution is -0.139. The molecule has 4 unspecified atom stereocenters. The van der Waals surface area contributed by atoms with Gasteiger partial charge in [0.2, 0.25) is 23.6 Å². The quantitative estimate of drug-likeness (QED) is 0.175. The summed E-state index contributed by atoms with van der Waals surface area (Å²) in [4.78, 5) is 58.2. The smallest absolute Gasteiger partial charge is 0.322 e. The van der Waals surface area contributed by atoms with Gasteiger partial charge in [-0.15, -0.1) is 0 Å². The number of aliphatic hydroxyl groups excluding tert-OH is 1.